The van der Waals surface area contributed by atoms with Gasteiger partial charge in [0.1, 0.15) is 0 Å². The smallest absolute Gasteiger partial charge is 0.0628 e. The van der Waals surface area contributed by atoms with Gasteiger partial charge in [0.25, 0.3) is 0 Å². The fourth-order valence-corrected chi connectivity index (χ4v) is 1.43. The summed E-state index contributed by atoms with van der Waals surface area (Å²) in [6, 6.07) is 0.214. The Morgan fingerprint density at radius 3 is 2.42 bits per heavy atom. The summed E-state index contributed by atoms with van der Waals surface area (Å²) in [6.07, 6.45) is 0.922. The lowest BCUT2D eigenvalue weighted by Gasteiger charge is -2.04. The highest BCUT2D eigenvalue weighted by Gasteiger charge is 2.09. The van der Waals surface area contributed by atoms with Gasteiger partial charge in [-0.05, 0) is 32.8 Å². The number of nitrogens with two attached hydrogens (primary N) is 1. The second-order valence-electron chi connectivity index (χ2n) is 3.45. The van der Waals surface area contributed by atoms with Crippen LogP contribution >= 0.6 is 0 Å². The van der Waals surface area contributed by atoms with E-state index in [1.807, 2.05) is 25.6 Å². The molecule has 0 saturated carbocycles. The minimum Gasteiger partial charge on any atom is -0.328 e. The van der Waals surface area contributed by atoms with Crippen molar-refractivity contribution < 1.29 is 0 Å². The maximum absolute atomic E-state index is 5.73. The summed E-state index contributed by atoms with van der Waals surface area (Å²) in [5.41, 5.74) is 9.36. The second-order valence-corrected chi connectivity index (χ2v) is 3.45. The monoisotopic (exact) mass is 167 g/mol. The maximum atomic E-state index is 5.73. The summed E-state index contributed by atoms with van der Waals surface area (Å²) in [6.45, 7) is 6.13. The van der Waals surface area contributed by atoms with Crippen molar-refractivity contribution in [2.24, 2.45) is 12.8 Å². The molecule has 0 aliphatic rings. The zero-order chi connectivity index (χ0) is 9.30. The van der Waals surface area contributed by atoms with Crippen LogP contribution in [0.3, 0.4) is 0 Å². The first-order valence-electron chi connectivity index (χ1n) is 4.27. The van der Waals surface area contributed by atoms with Gasteiger partial charge in [0.2, 0.25) is 0 Å². The zero-order valence-corrected chi connectivity index (χ0v) is 8.26. The van der Waals surface area contributed by atoms with Crippen LogP contribution in [-0.4, -0.2) is 15.8 Å². The van der Waals surface area contributed by atoms with E-state index in [-0.39, 0.29) is 6.04 Å². The molecule has 68 valence electrons. The summed E-state index contributed by atoms with van der Waals surface area (Å²) < 4.78 is 1.91. The van der Waals surface area contributed by atoms with Gasteiger partial charge in [-0.1, -0.05) is 0 Å². The van der Waals surface area contributed by atoms with E-state index in [0.717, 1.165) is 12.1 Å². The third-order valence-corrected chi connectivity index (χ3v) is 2.18. The van der Waals surface area contributed by atoms with Crippen LogP contribution in [0.5, 0.6) is 0 Å². The van der Waals surface area contributed by atoms with Gasteiger partial charge < -0.3 is 5.73 Å². The van der Waals surface area contributed by atoms with Gasteiger partial charge in [-0.2, -0.15) is 5.10 Å². The fourth-order valence-electron chi connectivity index (χ4n) is 1.43. The van der Waals surface area contributed by atoms with Crippen LogP contribution in [0.15, 0.2) is 0 Å². The molecule has 0 fully saturated rings. The number of aromatic nitrogens is 2. The van der Waals surface area contributed by atoms with Gasteiger partial charge in [-0.3, -0.25) is 4.68 Å². The second kappa shape index (κ2) is 3.27. The van der Waals surface area contributed by atoms with Crippen LogP contribution in [0.2, 0.25) is 0 Å². The van der Waals surface area contributed by atoms with E-state index in [0.29, 0.717) is 0 Å². The Kier molecular flexibility index (Phi) is 2.52. The number of nitrogens with zero attached hydrogens (tertiary/aromatic N) is 2. The normalized spacial score (nSPS) is 13.4. The van der Waals surface area contributed by atoms with Crippen LogP contribution < -0.4 is 5.73 Å². The van der Waals surface area contributed by atoms with Gasteiger partial charge in [0.15, 0.2) is 0 Å². The van der Waals surface area contributed by atoms with Crippen molar-refractivity contribution in [2.75, 3.05) is 0 Å². The van der Waals surface area contributed by atoms with Crippen molar-refractivity contribution >= 4 is 0 Å². The molecular weight excluding hydrogens is 150 g/mol. The summed E-state index contributed by atoms with van der Waals surface area (Å²) in [5.74, 6) is 0. The Labute approximate surface area is 73.6 Å². The highest BCUT2D eigenvalue weighted by Crippen LogP contribution is 2.13. The van der Waals surface area contributed by atoms with E-state index in [4.69, 9.17) is 5.73 Å². The molecule has 1 aromatic heterocycles. The third kappa shape index (κ3) is 1.67. The van der Waals surface area contributed by atoms with Crippen LogP contribution in [0, 0.1) is 13.8 Å². The Morgan fingerprint density at radius 2 is 2.08 bits per heavy atom. The number of hydrogen-bond acceptors (Lipinski definition) is 2. The Hall–Kier alpha value is -0.830. The predicted molar refractivity (Wildman–Crippen MR) is 50.0 cm³/mol. The molecule has 1 heterocycles. The molecule has 0 saturated heterocycles. The zero-order valence-electron chi connectivity index (χ0n) is 8.26. The van der Waals surface area contributed by atoms with E-state index < -0.39 is 0 Å². The first-order chi connectivity index (χ1) is 5.52. The summed E-state index contributed by atoms with van der Waals surface area (Å²) in [5, 5.41) is 4.32. The highest BCUT2D eigenvalue weighted by molar-refractivity contribution is 5.25. The number of aryl methyl sites for hydroxylation is 2. The largest absolute Gasteiger partial charge is 0.328 e. The molecule has 3 heteroatoms. The van der Waals surface area contributed by atoms with Crippen LogP contribution in [0.4, 0.5) is 0 Å². The molecule has 0 radical (unpaired) electrons. The molecule has 0 aliphatic carbocycles. The number of rotatable bonds is 2. The van der Waals surface area contributed by atoms with Crippen molar-refractivity contribution in [3.8, 4) is 0 Å². The van der Waals surface area contributed by atoms with Gasteiger partial charge in [0.05, 0.1) is 5.69 Å². The Balaban J connectivity index is 2.97. The fraction of sp³-hybridized carbons (Fsp3) is 0.667. The SMILES string of the molecule is Cc1nn(C)c(C)c1CC(C)N. The predicted octanol–water partition coefficient (Wildman–Crippen LogP) is 0.927. The van der Waals surface area contributed by atoms with Crippen LogP contribution in [0.1, 0.15) is 23.9 Å². The number of hydrogen-bond donors (Lipinski definition) is 1. The first kappa shape index (κ1) is 9.26. The maximum Gasteiger partial charge on any atom is 0.0628 e. The van der Waals surface area contributed by atoms with Gasteiger partial charge in [-0.15, -0.1) is 0 Å². The molecule has 1 aromatic rings. The molecule has 0 aromatic carbocycles. The van der Waals surface area contributed by atoms with Crippen LogP contribution in [-0.2, 0) is 13.5 Å². The van der Waals surface area contributed by atoms with Gasteiger partial charge in [-0.25, -0.2) is 0 Å². The minimum absolute atomic E-state index is 0.214. The van der Waals surface area contributed by atoms with Gasteiger partial charge >= 0.3 is 0 Å². The van der Waals surface area contributed by atoms with E-state index in [2.05, 4.69) is 12.0 Å². The molecule has 0 spiro atoms. The molecular formula is C9H17N3. The summed E-state index contributed by atoms with van der Waals surface area (Å²) in [7, 11) is 1.97. The molecule has 3 nitrogen and oxygen atoms in total. The Bertz CT molecular complexity index is 274. The molecule has 2 N–H and O–H groups in total. The van der Waals surface area contributed by atoms with Crippen LogP contribution in [0.25, 0.3) is 0 Å². The molecule has 1 unspecified atom stereocenters. The third-order valence-electron chi connectivity index (χ3n) is 2.18. The van der Waals surface area contributed by atoms with Crippen molar-refractivity contribution in [3.05, 3.63) is 17.0 Å². The lowest BCUT2D eigenvalue weighted by atomic mass is 10.1. The topological polar surface area (TPSA) is 43.8 Å². The van der Waals surface area contributed by atoms with E-state index in [1.54, 1.807) is 0 Å². The quantitative estimate of drug-likeness (QED) is 0.712. The first-order valence-corrected chi connectivity index (χ1v) is 4.27. The lowest BCUT2D eigenvalue weighted by Crippen LogP contribution is -2.18. The molecule has 0 aliphatic heterocycles. The van der Waals surface area contributed by atoms with Crippen molar-refractivity contribution in [1.82, 2.24) is 9.78 Å². The van der Waals surface area contributed by atoms with E-state index in [1.165, 1.54) is 11.3 Å². The van der Waals surface area contributed by atoms with Crippen molar-refractivity contribution in [2.45, 2.75) is 33.2 Å². The average Bonchev–Trinajstić information content (AvgIpc) is 2.16. The highest BCUT2D eigenvalue weighted by atomic mass is 15.3. The van der Waals surface area contributed by atoms with Gasteiger partial charge in [0, 0.05) is 18.8 Å². The summed E-state index contributed by atoms with van der Waals surface area (Å²) in [4.78, 5) is 0. The minimum atomic E-state index is 0.214. The molecule has 0 amide bonds. The molecule has 12 heavy (non-hydrogen) atoms. The van der Waals surface area contributed by atoms with E-state index in [9.17, 15) is 0 Å². The molecule has 1 rings (SSSR count). The van der Waals surface area contributed by atoms with Crippen molar-refractivity contribution in [1.29, 1.82) is 0 Å². The summed E-state index contributed by atoms with van der Waals surface area (Å²) >= 11 is 0. The average molecular weight is 167 g/mol. The van der Waals surface area contributed by atoms with E-state index >= 15 is 0 Å². The lowest BCUT2D eigenvalue weighted by molar-refractivity contribution is 0.717. The standard InChI is InChI=1S/C9H17N3/c1-6(10)5-9-7(2)11-12(4)8(9)3/h6H,5,10H2,1-4H3. The molecule has 0 bridgehead atoms. The Morgan fingerprint density at radius 1 is 1.50 bits per heavy atom. The molecule has 1 atom stereocenters. The van der Waals surface area contributed by atoms with Crippen molar-refractivity contribution in [3.63, 3.8) is 0 Å².